The summed E-state index contributed by atoms with van der Waals surface area (Å²) in [5.41, 5.74) is 0.705. The highest BCUT2D eigenvalue weighted by atomic mass is 16.2. The minimum atomic E-state index is -0.366. The summed E-state index contributed by atoms with van der Waals surface area (Å²) in [5.74, 6) is -0.0412. The maximum atomic E-state index is 14.3. The van der Waals surface area contributed by atoms with Crippen LogP contribution in [0.25, 0.3) is 0 Å². The summed E-state index contributed by atoms with van der Waals surface area (Å²) in [6, 6.07) is 2.06. The number of nitriles is 1. The van der Waals surface area contributed by atoms with Gasteiger partial charge < -0.3 is 10.2 Å². The third kappa shape index (κ3) is 3.59. The van der Waals surface area contributed by atoms with Crippen molar-refractivity contribution in [2.45, 2.75) is 85.1 Å². The molecule has 0 aromatic carbocycles. The van der Waals surface area contributed by atoms with Crippen LogP contribution in [0.15, 0.2) is 23.3 Å². The van der Waals surface area contributed by atoms with Crippen LogP contribution in [0.5, 0.6) is 0 Å². The van der Waals surface area contributed by atoms with E-state index in [-0.39, 0.29) is 74.5 Å². The molecule has 8 atom stereocenters. The number of nitrogens with one attached hydrogen (secondary N) is 1. The van der Waals surface area contributed by atoms with E-state index in [1.165, 1.54) is 0 Å². The number of carbonyl (C=O) groups is 3. The lowest BCUT2D eigenvalue weighted by atomic mass is 9.37. The van der Waals surface area contributed by atoms with Gasteiger partial charge in [-0.25, -0.2) is 4.79 Å². The van der Waals surface area contributed by atoms with E-state index < -0.39 is 0 Å². The lowest BCUT2D eigenvalue weighted by Crippen LogP contribution is -2.69. The van der Waals surface area contributed by atoms with E-state index in [0.29, 0.717) is 0 Å². The van der Waals surface area contributed by atoms with Gasteiger partial charge in [0.05, 0.1) is 5.57 Å². The first-order valence-electron chi connectivity index (χ1n) is 14.1. The highest BCUT2D eigenvalue weighted by Gasteiger charge is 2.67. The molecule has 6 heteroatoms. The van der Waals surface area contributed by atoms with Crippen molar-refractivity contribution in [2.75, 3.05) is 14.1 Å². The number of nitrogens with zero attached hydrogens (tertiary/aromatic N) is 2. The molecule has 0 aromatic heterocycles. The molecule has 0 aromatic rings. The van der Waals surface area contributed by atoms with Gasteiger partial charge in [-0.1, -0.05) is 46.3 Å². The van der Waals surface area contributed by atoms with E-state index in [2.05, 4.69) is 39.1 Å². The number of rotatable bonds is 1. The van der Waals surface area contributed by atoms with Crippen LogP contribution in [-0.4, -0.2) is 42.1 Å². The number of hydrogen-bond acceptors (Lipinski definition) is 4. The van der Waals surface area contributed by atoms with Crippen LogP contribution in [0.3, 0.4) is 0 Å². The van der Waals surface area contributed by atoms with E-state index in [1.54, 1.807) is 19.0 Å². The van der Waals surface area contributed by atoms with Gasteiger partial charge in [0, 0.05) is 37.4 Å². The number of hydrogen-bond donors (Lipinski definition) is 1. The Labute approximate surface area is 221 Å². The number of urea groups is 1. The fourth-order valence-corrected chi connectivity index (χ4v) is 9.20. The predicted molar refractivity (Wildman–Crippen MR) is 142 cm³/mol. The molecule has 37 heavy (non-hydrogen) atoms. The van der Waals surface area contributed by atoms with Gasteiger partial charge >= 0.3 is 6.03 Å². The number of Topliss-reactive ketones (excluding diaryl/α,β-unsaturated/α-hetero) is 1. The maximum Gasteiger partial charge on any atom is 0.317 e. The Morgan fingerprint density at radius 1 is 1.08 bits per heavy atom. The van der Waals surface area contributed by atoms with Gasteiger partial charge in [-0.05, 0) is 79.1 Å². The van der Waals surface area contributed by atoms with Crippen LogP contribution in [0.2, 0.25) is 0 Å². The van der Waals surface area contributed by atoms with Gasteiger partial charge in [0.15, 0.2) is 11.6 Å². The zero-order valence-corrected chi connectivity index (χ0v) is 23.6. The first kappa shape index (κ1) is 26.2. The molecule has 3 unspecified atom stereocenters. The van der Waals surface area contributed by atoms with Crippen molar-refractivity contribution in [3.05, 3.63) is 23.3 Å². The Morgan fingerprint density at radius 2 is 1.76 bits per heavy atom. The standard InChI is InChI=1S/C31H43N3O3/c1-18-20-8-9-29(4)22(21(20)14-19(17-32)26(18)36)15-24(35)25-23-16-28(2,3)10-12-31(23,13-11-30(25,29)5)33-27(37)34(6)7/h14-15,18,20-21,23,25H,8-13,16H2,1-7H3,(H,33,37)/t18-,20-,21?,23?,25?,29+,30+,31-/m0/s1. The SMILES string of the molecule is C[C@@H]1C(=O)C(C#N)=CC2C3=CC(=O)C4C5CC(C)(C)CC[C@]5(NC(=O)N(C)C)CC[C@@]4(C)[C@]3(C)CC[C@H]21. The lowest BCUT2D eigenvalue weighted by Gasteiger charge is -2.67. The summed E-state index contributed by atoms with van der Waals surface area (Å²) >= 11 is 0. The minimum Gasteiger partial charge on any atom is -0.332 e. The number of carbonyl (C=O) groups excluding carboxylic acids is 3. The molecule has 200 valence electrons. The highest BCUT2D eigenvalue weighted by molar-refractivity contribution is 6.02. The molecule has 0 spiro atoms. The zero-order chi connectivity index (χ0) is 27.1. The molecule has 0 saturated heterocycles. The summed E-state index contributed by atoms with van der Waals surface area (Å²) in [4.78, 5) is 41.6. The summed E-state index contributed by atoms with van der Waals surface area (Å²) in [5, 5.41) is 13.1. The molecule has 1 N–H and O–H groups in total. The van der Waals surface area contributed by atoms with Crippen LogP contribution < -0.4 is 5.32 Å². The first-order valence-corrected chi connectivity index (χ1v) is 14.1. The van der Waals surface area contributed by atoms with Crippen LogP contribution in [0, 0.1) is 57.2 Å². The molecule has 2 amide bonds. The van der Waals surface area contributed by atoms with E-state index in [1.807, 2.05) is 19.1 Å². The Bertz CT molecular complexity index is 1160. The van der Waals surface area contributed by atoms with Crippen molar-refractivity contribution in [3.63, 3.8) is 0 Å². The summed E-state index contributed by atoms with van der Waals surface area (Å²) < 4.78 is 0. The summed E-state index contributed by atoms with van der Waals surface area (Å²) in [7, 11) is 3.56. The Balaban J connectivity index is 1.62. The van der Waals surface area contributed by atoms with Gasteiger partial charge in [0.2, 0.25) is 0 Å². The normalized spacial score (nSPS) is 44.1. The van der Waals surface area contributed by atoms with Crippen LogP contribution >= 0.6 is 0 Å². The van der Waals surface area contributed by atoms with Crippen LogP contribution in [0.4, 0.5) is 4.79 Å². The average Bonchev–Trinajstić information content (AvgIpc) is 2.82. The summed E-state index contributed by atoms with van der Waals surface area (Å²) in [6.45, 7) is 11.2. The molecule has 0 radical (unpaired) electrons. The Kier molecular flexibility index (Phi) is 5.87. The lowest BCUT2D eigenvalue weighted by molar-refractivity contribution is -0.156. The van der Waals surface area contributed by atoms with E-state index in [9.17, 15) is 19.6 Å². The maximum absolute atomic E-state index is 14.3. The van der Waals surface area contributed by atoms with E-state index in [4.69, 9.17) is 0 Å². The fraction of sp³-hybridized carbons (Fsp3) is 0.742. The van der Waals surface area contributed by atoms with Gasteiger partial charge in [0.25, 0.3) is 0 Å². The second-order valence-electron chi connectivity index (χ2n) is 14.3. The Morgan fingerprint density at radius 3 is 2.41 bits per heavy atom. The number of amides is 2. The topological polar surface area (TPSA) is 90.3 Å². The Hall–Kier alpha value is -2.42. The average molecular weight is 506 g/mol. The third-order valence-electron chi connectivity index (χ3n) is 11.8. The van der Waals surface area contributed by atoms with Crippen molar-refractivity contribution in [2.24, 2.45) is 45.8 Å². The monoisotopic (exact) mass is 505 g/mol. The molecule has 0 heterocycles. The van der Waals surface area contributed by atoms with E-state index in [0.717, 1.165) is 50.5 Å². The van der Waals surface area contributed by atoms with E-state index >= 15 is 0 Å². The second-order valence-corrected chi connectivity index (χ2v) is 14.3. The van der Waals surface area contributed by atoms with Gasteiger partial charge in [0.1, 0.15) is 6.07 Å². The second kappa shape index (κ2) is 8.29. The molecule has 5 rings (SSSR count). The zero-order valence-electron chi connectivity index (χ0n) is 23.6. The van der Waals surface area contributed by atoms with Crippen LogP contribution in [-0.2, 0) is 9.59 Å². The first-order chi connectivity index (χ1) is 17.2. The minimum absolute atomic E-state index is 0.0363. The molecule has 0 bridgehead atoms. The van der Waals surface area contributed by atoms with Crippen molar-refractivity contribution in [1.82, 2.24) is 10.2 Å². The number of fused-ring (bicyclic) bond motifs is 7. The molecule has 3 fully saturated rings. The van der Waals surface area contributed by atoms with Crippen LogP contribution in [0.1, 0.15) is 79.6 Å². The predicted octanol–water partition coefficient (Wildman–Crippen LogP) is 5.45. The molecule has 0 aliphatic heterocycles. The number of allylic oxidation sites excluding steroid dienone is 4. The largest absolute Gasteiger partial charge is 0.332 e. The fourth-order valence-electron chi connectivity index (χ4n) is 9.20. The van der Waals surface area contributed by atoms with Gasteiger partial charge in [-0.2, -0.15) is 5.26 Å². The summed E-state index contributed by atoms with van der Waals surface area (Å²) in [6.07, 6.45) is 10.3. The van der Waals surface area contributed by atoms with Crippen molar-refractivity contribution in [1.29, 1.82) is 5.26 Å². The van der Waals surface area contributed by atoms with Crippen molar-refractivity contribution < 1.29 is 14.4 Å². The molecular formula is C31H43N3O3. The molecule has 5 aliphatic rings. The van der Waals surface area contributed by atoms with Gasteiger partial charge in [-0.3, -0.25) is 9.59 Å². The number of ketones is 2. The molecule has 5 aliphatic carbocycles. The van der Waals surface area contributed by atoms with Crippen molar-refractivity contribution in [3.8, 4) is 6.07 Å². The smallest absolute Gasteiger partial charge is 0.317 e. The van der Waals surface area contributed by atoms with Crippen molar-refractivity contribution >= 4 is 17.6 Å². The third-order valence-corrected chi connectivity index (χ3v) is 11.8. The molecule has 3 saturated carbocycles. The molecule has 6 nitrogen and oxygen atoms in total. The highest BCUT2D eigenvalue weighted by Crippen LogP contribution is 2.70. The quantitative estimate of drug-likeness (QED) is 0.513. The van der Waals surface area contributed by atoms with Gasteiger partial charge in [-0.15, -0.1) is 0 Å². The molecular weight excluding hydrogens is 462 g/mol.